The summed E-state index contributed by atoms with van der Waals surface area (Å²) in [7, 11) is -3.71. The van der Waals surface area contributed by atoms with Gasteiger partial charge in [-0.3, -0.25) is 4.79 Å². The number of Topliss-reactive ketones (excluding diaryl/α,β-unsaturated/α-hetero) is 1. The lowest BCUT2D eigenvalue weighted by molar-refractivity contribution is 0.0536. The van der Waals surface area contributed by atoms with Gasteiger partial charge in [-0.15, -0.1) is 0 Å². The Kier molecular flexibility index (Phi) is 3.83. The molecule has 1 heterocycles. The molecule has 1 aliphatic heterocycles. The molecular weight excluding hydrogens is 316 g/mol. The Hall–Kier alpha value is -2.73. The summed E-state index contributed by atoms with van der Waals surface area (Å²) < 4.78 is 29.4. The van der Waals surface area contributed by atoms with Gasteiger partial charge < -0.3 is 4.74 Å². The normalized spacial score (nSPS) is 15.5. The van der Waals surface area contributed by atoms with Crippen molar-refractivity contribution in [2.75, 3.05) is 6.61 Å². The van der Waals surface area contributed by atoms with Gasteiger partial charge >= 0.3 is 5.97 Å². The molecular formula is C17H12O5S. The highest BCUT2D eigenvalue weighted by Gasteiger charge is 2.30. The summed E-state index contributed by atoms with van der Waals surface area (Å²) in [6.07, 6.45) is 0. The van der Waals surface area contributed by atoms with E-state index in [1.807, 2.05) is 0 Å². The highest BCUT2D eigenvalue weighted by molar-refractivity contribution is 7.94. The van der Waals surface area contributed by atoms with Crippen molar-refractivity contribution in [3.05, 3.63) is 76.7 Å². The Bertz CT molecular complexity index is 911. The number of carbonyl (C=O) groups excluding carboxylic acids is 2. The zero-order valence-corrected chi connectivity index (χ0v) is 12.7. The third-order valence-electron chi connectivity index (χ3n) is 3.40. The van der Waals surface area contributed by atoms with Crippen LogP contribution in [0.3, 0.4) is 0 Å². The van der Waals surface area contributed by atoms with Crippen molar-refractivity contribution in [3.8, 4) is 0 Å². The number of rotatable bonds is 3. The summed E-state index contributed by atoms with van der Waals surface area (Å²) in [5, 5.41) is 0.871. The van der Waals surface area contributed by atoms with Crippen LogP contribution in [-0.2, 0) is 14.6 Å². The molecule has 0 spiro atoms. The van der Waals surface area contributed by atoms with Gasteiger partial charge in [0.1, 0.15) is 6.61 Å². The van der Waals surface area contributed by atoms with Crippen LogP contribution in [0.4, 0.5) is 0 Å². The smallest absolute Gasteiger partial charge is 0.338 e. The van der Waals surface area contributed by atoms with Crippen molar-refractivity contribution in [1.82, 2.24) is 0 Å². The van der Waals surface area contributed by atoms with E-state index in [0.29, 0.717) is 5.56 Å². The van der Waals surface area contributed by atoms with E-state index in [-0.39, 0.29) is 22.6 Å². The van der Waals surface area contributed by atoms with Crippen LogP contribution in [0.15, 0.2) is 70.5 Å². The topological polar surface area (TPSA) is 77.5 Å². The van der Waals surface area contributed by atoms with Crippen LogP contribution in [0.25, 0.3) is 0 Å². The van der Waals surface area contributed by atoms with Crippen LogP contribution in [0.5, 0.6) is 0 Å². The van der Waals surface area contributed by atoms with E-state index in [1.165, 1.54) is 12.1 Å². The fraction of sp³-hybridized carbons (Fsp3) is 0.0588. The molecule has 116 valence electrons. The van der Waals surface area contributed by atoms with E-state index >= 15 is 0 Å². The summed E-state index contributed by atoms with van der Waals surface area (Å²) in [6.45, 7) is -0.389. The number of ketones is 1. The van der Waals surface area contributed by atoms with E-state index < -0.39 is 21.6 Å². The Morgan fingerprint density at radius 1 is 0.957 bits per heavy atom. The molecule has 0 unspecified atom stereocenters. The molecule has 23 heavy (non-hydrogen) atoms. The fourth-order valence-corrected chi connectivity index (χ4v) is 3.69. The quantitative estimate of drug-likeness (QED) is 0.809. The van der Waals surface area contributed by atoms with E-state index in [1.54, 1.807) is 42.5 Å². The number of esters is 1. The predicted molar refractivity (Wildman–Crippen MR) is 82.8 cm³/mol. The maximum Gasteiger partial charge on any atom is 0.338 e. The minimum atomic E-state index is -3.71. The molecule has 0 fully saturated rings. The minimum absolute atomic E-state index is 0.0249. The lowest BCUT2D eigenvalue weighted by Crippen LogP contribution is -2.21. The molecule has 0 atom stereocenters. The van der Waals surface area contributed by atoms with Crippen LogP contribution < -0.4 is 0 Å². The summed E-state index contributed by atoms with van der Waals surface area (Å²) in [5.41, 5.74) is 0.369. The van der Waals surface area contributed by atoms with Crippen LogP contribution >= 0.6 is 0 Å². The van der Waals surface area contributed by atoms with Crippen molar-refractivity contribution in [2.24, 2.45) is 0 Å². The number of ether oxygens (including phenoxy) is 1. The number of carbonyl (C=O) groups is 2. The van der Waals surface area contributed by atoms with Gasteiger partial charge in [-0.25, -0.2) is 13.2 Å². The van der Waals surface area contributed by atoms with Crippen LogP contribution in [-0.4, -0.2) is 26.8 Å². The number of benzene rings is 2. The molecule has 0 saturated carbocycles. The highest BCUT2D eigenvalue weighted by Crippen LogP contribution is 2.27. The number of hydrogen-bond acceptors (Lipinski definition) is 5. The first-order valence-electron chi connectivity index (χ1n) is 6.80. The van der Waals surface area contributed by atoms with Crippen molar-refractivity contribution >= 4 is 21.6 Å². The van der Waals surface area contributed by atoms with Gasteiger partial charge in [-0.1, -0.05) is 30.3 Å². The molecule has 0 bridgehead atoms. The van der Waals surface area contributed by atoms with E-state index in [4.69, 9.17) is 4.74 Å². The van der Waals surface area contributed by atoms with E-state index in [0.717, 1.165) is 5.41 Å². The first-order chi connectivity index (χ1) is 11.0. The zero-order chi connectivity index (χ0) is 16.4. The SMILES string of the molecule is O=C(OCC1=CS(=O)(=O)c2ccccc2C1=O)c1ccccc1. The highest BCUT2D eigenvalue weighted by atomic mass is 32.2. The lowest BCUT2D eigenvalue weighted by Gasteiger charge is -2.15. The molecule has 0 aliphatic carbocycles. The summed E-state index contributed by atoms with van der Waals surface area (Å²) in [4.78, 5) is 24.2. The second-order valence-electron chi connectivity index (χ2n) is 4.96. The van der Waals surface area contributed by atoms with Crippen molar-refractivity contribution in [3.63, 3.8) is 0 Å². The number of hydrogen-bond donors (Lipinski definition) is 0. The van der Waals surface area contributed by atoms with Crippen molar-refractivity contribution in [1.29, 1.82) is 0 Å². The lowest BCUT2D eigenvalue weighted by atomic mass is 10.0. The van der Waals surface area contributed by atoms with Crippen molar-refractivity contribution in [2.45, 2.75) is 4.90 Å². The Morgan fingerprint density at radius 2 is 1.61 bits per heavy atom. The first kappa shape index (κ1) is 15.2. The number of sulfone groups is 1. The monoisotopic (exact) mass is 328 g/mol. The van der Waals surface area contributed by atoms with Gasteiger partial charge in [0.05, 0.1) is 10.5 Å². The van der Waals surface area contributed by atoms with Gasteiger partial charge in [0.25, 0.3) is 0 Å². The minimum Gasteiger partial charge on any atom is -0.457 e. The first-order valence-corrected chi connectivity index (χ1v) is 8.35. The third kappa shape index (κ3) is 2.93. The average molecular weight is 328 g/mol. The predicted octanol–water partition coefficient (Wildman–Crippen LogP) is 2.40. The van der Waals surface area contributed by atoms with Crippen LogP contribution in [0.2, 0.25) is 0 Å². The molecule has 0 amide bonds. The molecule has 0 aromatic heterocycles. The standard InChI is InChI=1S/C17H12O5S/c18-16-13(10-22-17(19)12-6-2-1-3-7-12)11-23(20,21)15-9-5-4-8-14(15)16/h1-9,11H,10H2. The largest absolute Gasteiger partial charge is 0.457 e. The second-order valence-corrected chi connectivity index (χ2v) is 6.72. The molecule has 0 saturated heterocycles. The van der Waals surface area contributed by atoms with Crippen molar-refractivity contribution < 1.29 is 22.7 Å². The third-order valence-corrected chi connectivity index (χ3v) is 4.96. The molecule has 0 radical (unpaired) electrons. The molecule has 0 N–H and O–H groups in total. The Morgan fingerprint density at radius 3 is 2.35 bits per heavy atom. The maximum absolute atomic E-state index is 12.3. The molecule has 3 rings (SSSR count). The second kappa shape index (κ2) is 5.81. The van der Waals surface area contributed by atoms with Crippen LogP contribution in [0, 0.1) is 0 Å². The Balaban J connectivity index is 1.83. The van der Waals surface area contributed by atoms with Gasteiger partial charge in [0.2, 0.25) is 9.84 Å². The van der Waals surface area contributed by atoms with E-state index in [9.17, 15) is 18.0 Å². The number of fused-ring (bicyclic) bond motifs is 1. The average Bonchev–Trinajstić information content (AvgIpc) is 2.57. The van der Waals surface area contributed by atoms with Gasteiger partial charge in [-0.2, -0.15) is 0 Å². The maximum atomic E-state index is 12.3. The van der Waals surface area contributed by atoms with Gasteiger partial charge in [0, 0.05) is 16.5 Å². The Labute approximate surface area is 133 Å². The van der Waals surface area contributed by atoms with Gasteiger partial charge in [-0.05, 0) is 24.3 Å². The molecule has 5 nitrogen and oxygen atoms in total. The summed E-state index contributed by atoms with van der Waals surface area (Å²) in [5.74, 6) is -1.06. The van der Waals surface area contributed by atoms with E-state index in [2.05, 4.69) is 0 Å². The summed E-state index contributed by atoms with van der Waals surface area (Å²) in [6, 6.07) is 14.2. The molecule has 2 aromatic carbocycles. The summed E-state index contributed by atoms with van der Waals surface area (Å²) >= 11 is 0. The fourth-order valence-electron chi connectivity index (χ4n) is 2.28. The molecule has 6 heteroatoms. The van der Waals surface area contributed by atoms with Crippen LogP contribution in [0.1, 0.15) is 20.7 Å². The van der Waals surface area contributed by atoms with Gasteiger partial charge in [0.15, 0.2) is 5.78 Å². The zero-order valence-electron chi connectivity index (χ0n) is 11.9. The molecule has 2 aromatic rings. The molecule has 1 aliphatic rings.